The lowest BCUT2D eigenvalue weighted by Crippen LogP contribution is -2.12. The van der Waals surface area contributed by atoms with Crippen LogP contribution < -0.4 is 19.5 Å². The van der Waals surface area contributed by atoms with E-state index in [1.54, 1.807) is 24.3 Å². The van der Waals surface area contributed by atoms with Crippen LogP contribution in [0.15, 0.2) is 52.9 Å². The third kappa shape index (κ3) is 3.90. The summed E-state index contributed by atoms with van der Waals surface area (Å²) < 4.78 is 21.7. The Balaban J connectivity index is 1.66. The Labute approximate surface area is 184 Å². The van der Waals surface area contributed by atoms with Gasteiger partial charge in [-0.15, -0.1) is 0 Å². The highest BCUT2D eigenvalue weighted by Crippen LogP contribution is 2.39. The lowest BCUT2D eigenvalue weighted by molar-refractivity contribution is 0.102. The summed E-state index contributed by atoms with van der Waals surface area (Å²) in [5.74, 6) is 0.972. The molecule has 8 heteroatoms. The van der Waals surface area contributed by atoms with Crippen molar-refractivity contribution in [3.8, 4) is 34.5 Å². The molecule has 0 radical (unpaired) electrons. The van der Waals surface area contributed by atoms with Crippen LogP contribution in [-0.4, -0.2) is 37.3 Å². The molecule has 32 heavy (non-hydrogen) atoms. The van der Waals surface area contributed by atoms with E-state index in [0.29, 0.717) is 45.2 Å². The SMILES string of the molecule is COc1cc(C(=O)Nc2ccc(O)c(-c3nc4ccc(C)cc4o3)c2)cc(OC)c1OC. The zero-order chi connectivity index (χ0) is 22.8. The minimum Gasteiger partial charge on any atom is -0.507 e. The van der Waals surface area contributed by atoms with E-state index in [1.807, 2.05) is 25.1 Å². The van der Waals surface area contributed by atoms with Gasteiger partial charge in [0, 0.05) is 11.3 Å². The summed E-state index contributed by atoms with van der Waals surface area (Å²) in [4.78, 5) is 17.3. The summed E-state index contributed by atoms with van der Waals surface area (Å²) in [6, 6.07) is 13.4. The number of aromatic hydroxyl groups is 1. The van der Waals surface area contributed by atoms with Crippen molar-refractivity contribution in [3.05, 3.63) is 59.7 Å². The highest BCUT2D eigenvalue weighted by molar-refractivity contribution is 6.05. The molecule has 164 valence electrons. The second-order valence-corrected chi connectivity index (χ2v) is 7.09. The van der Waals surface area contributed by atoms with Crippen molar-refractivity contribution in [2.45, 2.75) is 6.92 Å². The lowest BCUT2D eigenvalue weighted by Gasteiger charge is -2.14. The number of hydrogen-bond donors (Lipinski definition) is 2. The molecule has 1 heterocycles. The molecule has 4 rings (SSSR count). The summed E-state index contributed by atoms with van der Waals surface area (Å²) >= 11 is 0. The lowest BCUT2D eigenvalue weighted by atomic mass is 10.1. The van der Waals surface area contributed by atoms with E-state index < -0.39 is 5.91 Å². The van der Waals surface area contributed by atoms with Gasteiger partial charge in [0.05, 0.1) is 26.9 Å². The van der Waals surface area contributed by atoms with Gasteiger partial charge in [0.2, 0.25) is 11.6 Å². The molecular formula is C24H22N2O6. The van der Waals surface area contributed by atoms with Crippen molar-refractivity contribution in [1.29, 1.82) is 0 Å². The molecule has 0 saturated heterocycles. The van der Waals surface area contributed by atoms with Gasteiger partial charge in [-0.25, -0.2) is 4.98 Å². The molecule has 0 aliphatic heterocycles. The molecule has 4 aromatic rings. The van der Waals surface area contributed by atoms with E-state index in [-0.39, 0.29) is 11.6 Å². The van der Waals surface area contributed by atoms with Gasteiger partial charge in [0.25, 0.3) is 5.91 Å². The minimum atomic E-state index is -0.394. The van der Waals surface area contributed by atoms with E-state index in [4.69, 9.17) is 18.6 Å². The van der Waals surface area contributed by atoms with E-state index in [9.17, 15) is 9.90 Å². The van der Waals surface area contributed by atoms with E-state index in [1.165, 1.54) is 27.4 Å². The highest BCUT2D eigenvalue weighted by Gasteiger charge is 2.18. The quantitative estimate of drug-likeness (QED) is 0.421. The molecule has 3 aromatic carbocycles. The third-order valence-electron chi connectivity index (χ3n) is 4.96. The zero-order valence-electron chi connectivity index (χ0n) is 18.1. The first-order valence-electron chi connectivity index (χ1n) is 9.75. The molecule has 0 unspecified atom stereocenters. The number of hydrogen-bond acceptors (Lipinski definition) is 7. The fourth-order valence-corrected chi connectivity index (χ4v) is 3.35. The van der Waals surface area contributed by atoms with Crippen molar-refractivity contribution in [3.63, 3.8) is 0 Å². The number of phenols is 1. The summed E-state index contributed by atoms with van der Waals surface area (Å²) in [5.41, 5.74) is 3.46. The van der Waals surface area contributed by atoms with Crippen LogP contribution in [-0.2, 0) is 0 Å². The van der Waals surface area contributed by atoms with Gasteiger partial charge in [-0.2, -0.15) is 0 Å². The number of aryl methyl sites for hydroxylation is 1. The van der Waals surface area contributed by atoms with Crippen molar-refractivity contribution >= 4 is 22.7 Å². The first-order valence-corrected chi connectivity index (χ1v) is 9.75. The van der Waals surface area contributed by atoms with Gasteiger partial charge in [-0.05, 0) is 55.0 Å². The van der Waals surface area contributed by atoms with Gasteiger partial charge in [-0.3, -0.25) is 4.79 Å². The molecule has 0 aliphatic rings. The third-order valence-corrected chi connectivity index (χ3v) is 4.96. The van der Waals surface area contributed by atoms with E-state index in [2.05, 4.69) is 10.3 Å². The maximum atomic E-state index is 12.9. The van der Waals surface area contributed by atoms with Crippen molar-refractivity contribution in [2.75, 3.05) is 26.6 Å². The van der Waals surface area contributed by atoms with Gasteiger partial charge >= 0.3 is 0 Å². The first-order chi connectivity index (χ1) is 15.4. The number of carbonyl (C=O) groups excluding carboxylic acids is 1. The zero-order valence-corrected chi connectivity index (χ0v) is 18.1. The summed E-state index contributed by atoms with van der Waals surface area (Å²) in [5, 5.41) is 13.2. The molecule has 8 nitrogen and oxygen atoms in total. The Morgan fingerprint density at radius 2 is 1.69 bits per heavy atom. The number of aromatic nitrogens is 1. The topological polar surface area (TPSA) is 103 Å². The number of amides is 1. The average molecular weight is 434 g/mol. The number of phenolic OH excluding ortho intramolecular Hbond substituents is 1. The molecule has 0 aliphatic carbocycles. The molecule has 0 fully saturated rings. The monoisotopic (exact) mass is 434 g/mol. The maximum absolute atomic E-state index is 12.9. The van der Waals surface area contributed by atoms with Crippen LogP contribution in [0.3, 0.4) is 0 Å². The fraction of sp³-hybridized carbons (Fsp3) is 0.167. The summed E-state index contributed by atoms with van der Waals surface area (Å²) in [6.45, 7) is 1.96. The van der Waals surface area contributed by atoms with Crippen molar-refractivity contribution in [1.82, 2.24) is 4.98 Å². The van der Waals surface area contributed by atoms with Crippen LogP contribution >= 0.6 is 0 Å². The average Bonchev–Trinajstić information content (AvgIpc) is 3.22. The fourth-order valence-electron chi connectivity index (χ4n) is 3.35. The molecule has 1 amide bonds. The second kappa shape index (κ2) is 8.50. The van der Waals surface area contributed by atoms with Gasteiger partial charge in [-0.1, -0.05) is 6.07 Å². The summed E-state index contributed by atoms with van der Waals surface area (Å²) in [7, 11) is 4.45. The number of methoxy groups -OCH3 is 3. The number of anilines is 1. The predicted molar refractivity (Wildman–Crippen MR) is 120 cm³/mol. The smallest absolute Gasteiger partial charge is 0.255 e. The Morgan fingerprint density at radius 1 is 0.969 bits per heavy atom. The van der Waals surface area contributed by atoms with Crippen LogP contribution in [0, 0.1) is 6.92 Å². The Kier molecular flexibility index (Phi) is 5.59. The number of benzene rings is 3. The number of carbonyl (C=O) groups is 1. The first kappa shape index (κ1) is 21.0. The highest BCUT2D eigenvalue weighted by atomic mass is 16.5. The van der Waals surface area contributed by atoms with Gasteiger partial charge in [0.15, 0.2) is 17.1 Å². The number of ether oxygens (including phenoxy) is 3. The van der Waals surface area contributed by atoms with Crippen molar-refractivity contribution < 1.29 is 28.5 Å². The standard InChI is InChI=1S/C24H22N2O6/c1-13-5-7-17-19(9-13)32-24(26-17)16-12-15(6-8-18(16)27)25-23(28)14-10-20(29-2)22(31-4)21(11-14)30-3/h5-12,27H,1-4H3,(H,25,28). The number of nitrogens with zero attached hydrogens (tertiary/aromatic N) is 1. The van der Waals surface area contributed by atoms with Gasteiger partial charge < -0.3 is 29.1 Å². The Hall–Kier alpha value is -4.20. The van der Waals surface area contributed by atoms with Crippen LogP contribution in [0.25, 0.3) is 22.6 Å². The number of oxazole rings is 1. The minimum absolute atomic E-state index is 0.0148. The van der Waals surface area contributed by atoms with Crippen molar-refractivity contribution in [2.24, 2.45) is 0 Å². The number of fused-ring (bicyclic) bond motifs is 1. The van der Waals surface area contributed by atoms with Crippen LogP contribution in [0.5, 0.6) is 23.0 Å². The summed E-state index contributed by atoms with van der Waals surface area (Å²) in [6.07, 6.45) is 0. The van der Waals surface area contributed by atoms with Crippen LogP contribution in [0.4, 0.5) is 5.69 Å². The Bertz CT molecular complexity index is 1290. The molecule has 0 atom stereocenters. The Morgan fingerprint density at radius 3 is 2.34 bits per heavy atom. The van der Waals surface area contributed by atoms with Crippen LogP contribution in [0.2, 0.25) is 0 Å². The largest absolute Gasteiger partial charge is 0.507 e. The molecule has 0 bridgehead atoms. The molecule has 0 spiro atoms. The number of nitrogens with one attached hydrogen (secondary N) is 1. The molecular weight excluding hydrogens is 412 g/mol. The van der Waals surface area contributed by atoms with Gasteiger partial charge in [0.1, 0.15) is 11.3 Å². The maximum Gasteiger partial charge on any atom is 0.255 e. The predicted octanol–water partition coefficient (Wildman–Crippen LogP) is 4.79. The second-order valence-electron chi connectivity index (χ2n) is 7.09. The normalized spacial score (nSPS) is 10.8. The molecule has 0 saturated carbocycles. The number of rotatable bonds is 6. The van der Waals surface area contributed by atoms with Crippen LogP contribution in [0.1, 0.15) is 15.9 Å². The molecule has 2 N–H and O–H groups in total. The molecule has 1 aromatic heterocycles. The van der Waals surface area contributed by atoms with E-state index >= 15 is 0 Å². The van der Waals surface area contributed by atoms with E-state index in [0.717, 1.165) is 5.56 Å².